The number of aliphatic hydroxyl groups is 1. The summed E-state index contributed by atoms with van der Waals surface area (Å²) in [5.74, 6) is 0.875. The number of nitriles is 1. The lowest BCUT2D eigenvalue weighted by atomic mass is 9.91. The normalized spacial score (nSPS) is 20.1. The van der Waals surface area contributed by atoms with Gasteiger partial charge in [0.2, 0.25) is 0 Å². The van der Waals surface area contributed by atoms with Gasteiger partial charge in [0, 0.05) is 11.5 Å². The fourth-order valence-electron chi connectivity index (χ4n) is 1.94. The van der Waals surface area contributed by atoms with Crippen LogP contribution in [-0.2, 0) is 0 Å². The first-order chi connectivity index (χ1) is 7.35. The highest BCUT2D eigenvalue weighted by molar-refractivity contribution is 5.39. The molecule has 0 aromatic heterocycles. The van der Waals surface area contributed by atoms with Gasteiger partial charge in [0.25, 0.3) is 0 Å². The first-order valence-corrected chi connectivity index (χ1v) is 5.07. The van der Waals surface area contributed by atoms with Crippen LogP contribution in [0.15, 0.2) is 24.3 Å². The largest absolute Gasteiger partial charge is 0.493 e. The molecule has 1 aliphatic rings. The van der Waals surface area contributed by atoms with Gasteiger partial charge in [-0.3, -0.25) is 0 Å². The van der Waals surface area contributed by atoms with Crippen LogP contribution >= 0.6 is 0 Å². The zero-order valence-corrected chi connectivity index (χ0v) is 8.39. The Labute approximate surface area is 88.9 Å². The van der Waals surface area contributed by atoms with E-state index in [0.29, 0.717) is 13.0 Å². The molecule has 2 unspecified atom stereocenters. The molecule has 0 amide bonds. The zero-order valence-electron chi connectivity index (χ0n) is 8.39. The summed E-state index contributed by atoms with van der Waals surface area (Å²) in [5.41, 5.74) is 1.16. The monoisotopic (exact) mass is 203 g/mol. The minimum absolute atomic E-state index is 0.0742. The van der Waals surface area contributed by atoms with Gasteiger partial charge in [-0.1, -0.05) is 18.2 Å². The number of hydrogen-bond acceptors (Lipinski definition) is 3. The number of benzene rings is 1. The van der Waals surface area contributed by atoms with Crippen LogP contribution in [0.1, 0.15) is 17.9 Å². The lowest BCUT2D eigenvalue weighted by Crippen LogP contribution is -2.10. The second-order valence-corrected chi connectivity index (χ2v) is 3.79. The summed E-state index contributed by atoms with van der Waals surface area (Å²) in [6, 6.07) is 9.98. The van der Waals surface area contributed by atoms with E-state index in [0.717, 1.165) is 11.3 Å². The molecule has 1 N–H and O–H groups in total. The SMILES string of the molecule is N#CC(CO)CC1COc2ccccc21. The molecule has 1 heterocycles. The molecule has 0 radical (unpaired) electrons. The maximum absolute atomic E-state index is 8.97. The van der Waals surface area contributed by atoms with E-state index >= 15 is 0 Å². The van der Waals surface area contributed by atoms with Crippen LogP contribution in [0.4, 0.5) is 0 Å². The number of para-hydroxylation sites is 1. The fraction of sp³-hybridized carbons (Fsp3) is 0.417. The van der Waals surface area contributed by atoms with Gasteiger partial charge >= 0.3 is 0 Å². The van der Waals surface area contributed by atoms with Crippen LogP contribution in [0, 0.1) is 17.2 Å². The van der Waals surface area contributed by atoms with E-state index in [4.69, 9.17) is 15.1 Å². The molecule has 0 spiro atoms. The third-order valence-corrected chi connectivity index (χ3v) is 2.77. The van der Waals surface area contributed by atoms with Gasteiger partial charge in [0.05, 0.1) is 25.2 Å². The smallest absolute Gasteiger partial charge is 0.122 e. The molecule has 3 nitrogen and oxygen atoms in total. The van der Waals surface area contributed by atoms with Crippen LogP contribution < -0.4 is 4.74 Å². The molecule has 15 heavy (non-hydrogen) atoms. The first-order valence-electron chi connectivity index (χ1n) is 5.07. The number of ether oxygens (including phenoxy) is 1. The predicted molar refractivity (Wildman–Crippen MR) is 55.5 cm³/mol. The molecule has 0 saturated heterocycles. The van der Waals surface area contributed by atoms with Gasteiger partial charge in [-0.05, 0) is 12.5 Å². The van der Waals surface area contributed by atoms with E-state index in [1.165, 1.54) is 0 Å². The van der Waals surface area contributed by atoms with Gasteiger partial charge in [-0.2, -0.15) is 5.26 Å². The summed E-state index contributed by atoms with van der Waals surface area (Å²) in [5, 5.41) is 17.8. The Hall–Kier alpha value is -1.53. The summed E-state index contributed by atoms with van der Waals surface area (Å²) < 4.78 is 5.51. The summed E-state index contributed by atoms with van der Waals surface area (Å²) in [4.78, 5) is 0. The van der Waals surface area contributed by atoms with Crippen LogP contribution in [0.25, 0.3) is 0 Å². The van der Waals surface area contributed by atoms with E-state index in [2.05, 4.69) is 6.07 Å². The van der Waals surface area contributed by atoms with E-state index in [9.17, 15) is 0 Å². The van der Waals surface area contributed by atoms with Crippen LogP contribution in [0.3, 0.4) is 0 Å². The average molecular weight is 203 g/mol. The van der Waals surface area contributed by atoms with Crippen molar-refractivity contribution in [3.63, 3.8) is 0 Å². The summed E-state index contributed by atoms with van der Waals surface area (Å²) in [6.45, 7) is 0.548. The van der Waals surface area contributed by atoms with Crippen molar-refractivity contribution in [2.75, 3.05) is 13.2 Å². The molecule has 1 aromatic rings. The Balaban J connectivity index is 2.11. The van der Waals surface area contributed by atoms with Crippen molar-refractivity contribution in [3.05, 3.63) is 29.8 Å². The quantitative estimate of drug-likeness (QED) is 0.813. The summed E-state index contributed by atoms with van der Waals surface area (Å²) in [6.07, 6.45) is 0.671. The van der Waals surface area contributed by atoms with Crippen LogP contribution in [-0.4, -0.2) is 18.3 Å². The van der Waals surface area contributed by atoms with Crippen molar-refractivity contribution < 1.29 is 9.84 Å². The van der Waals surface area contributed by atoms with Gasteiger partial charge < -0.3 is 9.84 Å². The van der Waals surface area contributed by atoms with Crippen molar-refractivity contribution in [1.82, 2.24) is 0 Å². The van der Waals surface area contributed by atoms with E-state index < -0.39 is 0 Å². The highest BCUT2D eigenvalue weighted by atomic mass is 16.5. The second kappa shape index (κ2) is 4.33. The average Bonchev–Trinajstić information content (AvgIpc) is 2.69. The Morgan fingerprint density at radius 2 is 2.33 bits per heavy atom. The van der Waals surface area contributed by atoms with Crippen LogP contribution in [0.2, 0.25) is 0 Å². The van der Waals surface area contributed by atoms with E-state index in [-0.39, 0.29) is 18.4 Å². The van der Waals surface area contributed by atoms with E-state index in [1.54, 1.807) is 0 Å². The standard InChI is InChI=1S/C12H13NO2/c13-6-9(7-14)5-10-8-15-12-4-2-1-3-11(10)12/h1-4,9-10,14H,5,7-8H2. The highest BCUT2D eigenvalue weighted by Crippen LogP contribution is 2.36. The van der Waals surface area contributed by atoms with E-state index in [1.807, 2.05) is 24.3 Å². The lowest BCUT2D eigenvalue weighted by Gasteiger charge is -2.11. The summed E-state index contributed by atoms with van der Waals surface area (Å²) in [7, 11) is 0. The fourth-order valence-corrected chi connectivity index (χ4v) is 1.94. The molecule has 2 rings (SSSR count). The predicted octanol–water partition coefficient (Wildman–Crippen LogP) is 1.68. The molecule has 3 heteroatoms. The van der Waals surface area contributed by atoms with Gasteiger partial charge in [0.15, 0.2) is 0 Å². The maximum atomic E-state index is 8.97. The number of rotatable bonds is 3. The summed E-state index contributed by atoms with van der Waals surface area (Å²) >= 11 is 0. The molecule has 78 valence electrons. The van der Waals surface area contributed by atoms with Crippen molar-refractivity contribution in [2.45, 2.75) is 12.3 Å². The molecule has 1 aliphatic heterocycles. The molecule has 0 saturated carbocycles. The number of fused-ring (bicyclic) bond motifs is 1. The number of hydrogen-bond donors (Lipinski definition) is 1. The number of nitrogens with zero attached hydrogens (tertiary/aromatic N) is 1. The Kier molecular flexibility index (Phi) is 2.89. The molecule has 0 fully saturated rings. The molecule has 1 aromatic carbocycles. The third kappa shape index (κ3) is 1.95. The van der Waals surface area contributed by atoms with Crippen molar-refractivity contribution >= 4 is 0 Å². The van der Waals surface area contributed by atoms with Crippen molar-refractivity contribution in [3.8, 4) is 11.8 Å². The molecule has 0 aliphatic carbocycles. The Morgan fingerprint density at radius 1 is 1.53 bits per heavy atom. The Morgan fingerprint density at radius 3 is 3.07 bits per heavy atom. The van der Waals surface area contributed by atoms with Crippen molar-refractivity contribution in [2.24, 2.45) is 5.92 Å². The second-order valence-electron chi connectivity index (χ2n) is 3.79. The van der Waals surface area contributed by atoms with Crippen molar-refractivity contribution in [1.29, 1.82) is 5.26 Å². The molecule has 0 bridgehead atoms. The zero-order chi connectivity index (χ0) is 10.7. The van der Waals surface area contributed by atoms with Gasteiger partial charge in [-0.25, -0.2) is 0 Å². The van der Waals surface area contributed by atoms with Gasteiger partial charge in [-0.15, -0.1) is 0 Å². The highest BCUT2D eigenvalue weighted by Gasteiger charge is 2.26. The Bertz CT molecular complexity index is 383. The van der Waals surface area contributed by atoms with Crippen LogP contribution in [0.5, 0.6) is 5.75 Å². The minimum atomic E-state index is -0.287. The molecular formula is C12H13NO2. The van der Waals surface area contributed by atoms with Gasteiger partial charge in [0.1, 0.15) is 5.75 Å². The lowest BCUT2D eigenvalue weighted by molar-refractivity contribution is 0.234. The molecule has 2 atom stereocenters. The third-order valence-electron chi connectivity index (χ3n) is 2.77. The first kappa shape index (κ1) is 10.0. The minimum Gasteiger partial charge on any atom is -0.493 e. The topological polar surface area (TPSA) is 53.2 Å². The maximum Gasteiger partial charge on any atom is 0.122 e. The molecular weight excluding hydrogens is 190 g/mol. The number of aliphatic hydroxyl groups excluding tert-OH is 1.